The summed E-state index contributed by atoms with van der Waals surface area (Å²) < 4.78 is 11.7. The lowest BCUT2D eigenvalue weighted by atomic mass is 9.75. The first kappa shape index (κ1) is 25.8. The topological polar surface area (TPSA) is 55.8 Å². The van der Waals surface area contributed by atoms with Gasteiger partial charge >= 0.3 is 5.97 Å². The van der Waals surface area contributed by atoms with Gasteiger partial charge in [0.15, 0.2) is 0 Å². The van der Waals surface area contributed by atoms with Crippen molar-refractivity contribution in [2.24, 2.45) is 5.41 Å². The minimum atomic E-state index is -0.772. The largest absolute Gasteiger partial charge is 0.497 e. The third kappa shape index (κ3) is 5.92. The minimum absolute atomic E-state index is 0.00982. The molecule has 190 valence electrons. The second-order valence-corrected chi connectivity index (χ2v) is 10.7. The van der Waals surface area contributed by atoms with Crippen LogP contribution in [0.2, 0.25) is 0 Å². The Bertz CT molecular complexity index is 1200. The van der Waals surface area contributed by atoms with Crippen molar-refractivity contribution in [3.05, 3.63) is 83.4 Å². The summed E-state index contributed by atoms with van der Waals surface area (Å²) in [7, 11) is 1.71. The molecular formula is C32H38O4. The van der Waals surface area contributed by atoms with E-state index in [0.717, 1.165) is 29.0 Å². The molecule has 0 saturated heterocycles. The smallest absolute Gasteiger partial charge is 0.303 e. The van der Waals surface area contributed by atoms with Gasteiger partial charge in [0.2, 0.25) is 0 Å². The van der Waals surface area contributed by atoms with E-state index in [1.165, 1.54) is 36.0 Å². The minimum Gasteiger partial charge on any atom is -0.497 e. The van der Waals surface area contributed by atoms with Crippen LogP contribution in [0.3, 0.4) is 0 Å². The summed E-state index contributed by atoms with van der Waals surface area (Å²) in [5.41, 5.74) is 6.23. The quantitative estimate of drug-likeness (QED) is 0.314. The highest BCUT2D eigenvalue weighted by molar-refractivity contribution is 5.70. The third-order valence-corrected chi connectivity index (χ3v) is 7.78. The zero-order chi connectivity index (χ0) is 25.7. The van der Waals surface area contributed by atoms with Crippen molar-refractivity contribution in [3.63, 3.8) is 0 Å². The molecule has 1 unspecified atom stereocenters. The van der Waals surface area contributed by atoms with Gasteiger partial charge in [-0.15, -0.1) is 0 Å². The lowest BCUT2D eigenvalue weighted by Crippen LogP contribution is -2.16. The summed E-state index contributed by atoms with van der Waals surface area (Å²) in [4.78, 5) is 11.3. The molecule has 1 aliphatic rings. The first-order chi connectivity index (χ1) is 17.3. The Hall–Kier alpha value is -3.27. The van der Waals surface area contributed by atoms with Crippen LogP contribution in [0.15, 0.2) is 66.7 Å². The molecule has 2 atom stereocenters. The Morgan fingerprint density at radius 1 is 1.06 bits per heavy atom. The molecule has 0 aromatic heterocycles. The van der Waals surface area contributed by atoms with E-state index >= 15 is 0 Å². The Kier molecular flexibility index (Phi) is 8.03. The molecule has 4 rings (SSSR count). The van der Waals surface area contributed by atoms with Gasteiger partial charge in [-0.25, -0.2) is 0 Å². The second kappa shape index (κ2) is 11.2. The maximum atomic E-state index is 11.3. The Morgan fingerprint density at radius 2 is 1.83 bits per heavy atom. The second-order valence-electron chi connectivity index (χ2n) is 10.7. The van der Waals surface area contributed by atoms with E-state index in [-0.39, 0.29) is 17.8 Å². The molecule has 0 spiro atoms. The van der Waals surface area contributed by atoms with Gasteiger partial charge in [-0.2, -0.15) is 0 Å². The molecular weight excluding hydrogens is 448 g/mol. The molecule has 3 aromatic rings. The monoisotopic (exact) mass is 486 g/mol. The highest BCUT2D eigenvalue weighted by Gasteiger charge is 2.36. The highest BCUT2D eigenvalue weighted by Crippen LogP contribution is 2.51. The third-order valence-electron chi connectivity index (χ3n) is 7.78. The van der Waals surface area contributed by atoms with Crippen molar-refractivity contribution >= 4 is 5.97 Å². The van der Waals surface area contributed by atoms with E-state index in [1.54, 1.807) is 7.11 Å². The van der Waals surface area contributed by atoms with Crippen molar-refractivity contribution in [1.29, 1.82) is 0 Å². The molecule has 1 N–H and O–H groups in total. The molecule has 4 nitrogen and oxygen atoms in total. The number of hydrogen-bond donors (Lipinski definition) is 1. The van der Waals surface area contributed by atoms with Gasteiger partial charge in [0.05, 0.1) is 13.5 Å². The number of ether oxygens (including phenoxy) is 2. The van der Waals surface area contributed by atoms with Gasteiger partial charge in [0.1, 0.15) is 18.1 Å². The van der Waals surface area contributed by atoms with Crippen molar-refractivity contribution in [1.82, 2.24) is 0 Å². The normalized spacial score (nSPS) is 17.5. The summed E-state index contributed by atoms with van der Waals surface area (Å²) in [6, 6.07) is 22.9. The van der Waals surface area contributed by atoms with Crippen LogP contribution < -0.4 is 9.47 Å². The van der Waals surface area contributed by atoms with Crippen LogP contribution in [0.5, 0.6) is 11.5 Å². The van der Waals surface area contributed by atoms with Crippen molar-refractivity contribution in [3.8, 4) is 22.6 Å². The van der Waals surface area contributed by atoms with Gasteiger partial charge in [0.25, 0.3) is 0 Å². The van der Waals surface area contributed by atoms with E-state index in [2.05, 4.69) is 50.2 Å². The van der Waals surface area contributed by atoms with Gasteiger partial charge in [-0.3, -0.25) is 4.79 Å². The predicted molar refractivity (Wildman–Crippen MR) is 145 cm³/mol. The van der Waals surface area contributed by atoms with Crippen molar-refractivity contribution in [2.75, 3.05) is 7.11 Å². The first-order valence-electron chi connectivity index (χ1n) is 13.0. The van der Waals surface area contributed by atoms with Gasteiger partial charge in [0, 0.05) is 0 Å². The number of aliphatic carboxylic acids is 1. The summed E-state index contributed by atoms with van der Waals surface area (Å²) in [6.45, 7) is 7.26. The van der Waals surface area contributed by atoms with E-state index in [1.807, 2.05) is 37.3 Å². The van der Waals surface area contributed by atoms with E-state index in [9.17, 15) is 9.90 Å². The van der Waals surface area contributed by atoms with E-state index in [4.69, 9.17) is 9.47 Å². The molecule has 3 aromatic carbocycles. The van der Waals surface area contributed by atoms with Crippen LogP contribution in [0.25, 0.3) is 11.1 Å². The summed E-state index contributed by atoms with van der Waals surface area (Å²) >= 11 is 0. The number of rotatable bonds is 10. The Balaban J connectivity index is 1.61. The lowest BCUT2D eigenvalue weighted by molar-refractivity contribution is -0.137. The maximum Gasteiger partial charge on any atom is 0.303 e. The van der Waals surface area contributed by atoms with Crippen LogP contribution in [0.4, 0.5) is 0 Å². The highest BCUT2D eigenvalue weighted by atomic mass is 16.5. The van der Waals surface area contributed by atoms with Gasteiger partial charge < -0.3 is 14.6 Å². The van der Waals surface area contributed by atoms with Gasteiger partial charge in [-0.1, -0.05) is 69.7 Å². The average Bonchev–Trinajstić information content (AvgIpc) is 3.24. The molecule has 4 heteroatoms. The summed E-state index contributed by atoms with van der Waals surface area (Å²) in [5.74, 6) is 1.35. The first-order valence-corrected chi connectivity index (χ1v) is 13.0. The number of carboxylic acid groups (broad SMARTS) is 1. The Labute approximate surface area is 215 Å². The molecule has 1 aliphatic carbocycles. The van der Waals surface area contributed by atoms with E-state index < -0.39 is 5.97 Å². The van der Waals surface area contributed by atoms with Gasteiger partial charge in [-0.05, 0) is 88.6 Å². The van der Waals surface area contributed by atoms with Crippen LogP contribution in [0, 0.1) is 5.41 Å². The molecule has 1 saturated carbocycles. The molecule has 0 bridgehead atoms. The fraction of sp³-hybridized carbons (Fsp3) is 0.406. The zero-order valence-electron chi connectivity index (χ0n) is 21.9. The maximum absolute atomic E-state index is 11.3. The number of benzene rings is 3. The summed E-state index contributed by atoms with van der Waals surface area (Å²) in [5, 5.41) is 9.25. The summed E-state index contributed by atoms with van der Waals surface area (Å²) in [6.07, 6.45) is 4.59. The van der Waals surface area contributed by atoms with Crippen LogP contribution in [0.1, 0.15) is 81.4 Å². The number of carbonyl (C=O) groups is 1. The number of methoxy groups -OCH3 is 1. The molecule has 0 radical (unpaired) electrons. The Morgan fingerprint density at radius 3 is 2.53 bits per heavy atom. The molecule has 36 heavy (non-hydrogen) atoms. The predicted octanol–water partition coefficient (Wildman–Crippen LogP) is 8.20. The molecule has 0 amide bonds. The number of carboxylic acids is 1. The standard InChI is InChI=1S/C32H38O4/c1-5-23(20-31(33)34)24-9-6-12-27(18-24)36-21-22-14-15-28(25-10-7-11-26(19-25)35-4)29(17-22)30-13-8-16-32(30,2)3/h6-7,9-12,14-15,17-19,23,30H,5,8,13,16,20-21H2,1-4H3,(H,33,34)/t23-,30?/m1/s1. The average molecular weight is 487 g/mol. The number of hydrogen-bond acceptors (Lipinski definition) is 3. The van der Waals surface area contributed by atoms with E-state index in [0.29, 0.717) is 12.5 Å². The van der Waals surface area contributed by atoms with Crippen LogP contribution in [-0.2, 0) is 11.4 Å². The zero-order valence-corrected chi connectivity index (χ0v) is 21.9. The fourth-order valence-corrected chi connectivity index (χ4v) is 5.68. The van der Waals surface area contributed by atoms with Crippen LogP contribution >= 0.6 is 0 Å². The fourth-order valence-electron chi connectivity index (χ4n) is 5.68. The SMILES string of the molecule is CC[C@H](CC(=O)O)c1cccc(OCc2ccc(-c3cccc(OC)c3)c(C3CCCC3(C)C)c2)c1. The molecule has 0 heterocycles. The lowest BCUT2D eigenvalue weighted by Gasteiger charge is -2.30. The van der Waals surface area contributed by atoms with Crippen molar-refractivity contribution in [2.45, 2.75) is 71.3 Å². The van der Waals surface area contributed by atoms with Crippen molar-refractivity contribution < 1.29 is 19.4 Å². The van der Waals surface area contributed by atoms with Crippen LogP contribution in [-0.4, -0.2) is 18.2 Å². The molecule has 1 fully saturated rings. The molecule has 0 aliphatic heterocycles.